The number of benzene rings is 1. The lowest BCUT2D eigenvalue weighted by atomic mass is 10.3. The number of hydrogen-bond acceptors (Lipinski definition) is 6. The maximum Gasteiger partial charge on any atom is 0.344 e. The van der Waals surface area contributed by atoms with Crippen LogP contribution in [-0.2, 0) is 16.1 Å². The minimum Gasteiger partial charge on any atom is -0.482 e. The molecule has 0 aliphatic rings. The molecule has 0 atom stereocenters. The predicted molar refractivity (Wildman–Crippen MR) is 88.8 cm³/mol. The molecule has 0 aliphatic carbocycles. The van der Waals surface area contributed by atoms with E-state index < -0.39 is 5.97 Å². The minimum absolute atomic E-state index is 0.0652. The Bertz CT molecular complexity index is 906. The van der Waals surface area contributed by atoms with Gasteiger partial charge in [0, 0.05) is 22.1 Å². The van der Waals surface area contributed by atoms with Crippen molar-refractivity contribution in [3.05, 3.63) is 62.4 Å². The Balaban J connectivity index is 1.56. The minimum atomic E-state index is -0.529. The Labute approximate surface area is 143 Å². The highest BCUT2D eigenvalue weighted by molar-refractivity contribution is 9.10. The van der Waals surface area contributed by atoms with Crippen LogP contribution >= 0.6 is 27.3 Å². The van der Waals surface area contributed by atoms with Crippen molar-refractivity contribution >= 4 is 38.2 Å². The molecule has 0 unspecified atom stereocenters. The summed E-state index contributed by atoms with van der Waals surface area (Å²) in [6.45, 7) is -0.277. The molecule has 8 heteroatoms. The molecule has 0 amide bonds. The molecule has 0 radical (unpaired) electrons. The number of aromatic nitrogens is 2. The number of nitrogens with zero attached hydrogens (tertiary/aromatic N) is 2. The number of halogens is 1. The third-order valence-corrected chi connectivity index (χ3v) is 4.14. The van der Waals surface area contributed by atoms with E-state index in [4.69, 9.17) is 9.47 Å². The summed E-state index contributed by atoms with van der Waals surface area (Å²) in [5.74, 6) is 0.0332. The Morgan fingerprint density at radius 1 is 1.35 bits per heavy atom. The molecule has 118 valence electrons. The summed E-state index contributed by atoms with van der Waals surface area (Å²) in [6.07, 6.45) is 1.65. The molecule has 3 aromatic rings. The molecule has 0 saturated carbocycles. The second-order valence-electron chi connectivity index (χ2n) is 4.55. The molecule has 0 N–H and O–H groups in total. The first-order valence-corrected chi connectivity index (χ1v) is 8.29. The van der Waals surface area contributed by atoms with Crippen molar-refractivity contribution in [2.45, 2.75) is 6.61 Å². The third kappa shape index (κ3) is 3.96. The van der Waals surface area contributed by atoms with Crippen LogP contribution < -0.4 is 10.3 Å². The fourth-order valence-electron chi connectivity index (χ4n) is 1.86. The molecular weight excluding hydrogens is 384 g/mol. The molecule has 2 aromatic heterocycles. The smallest absolute Gasteiger partial charge is 0.344 e. The maximum absolute atomic E-state index is 11.8. The van der Waals surface area contributed by atoms with Crippen molar-refractivity contribution in [2.24, 2.45) is 0 Å². The van der Waals surface area contributed by atoms with E-state index in [1.165, 1.54) is 21.8 Å². The van der Waals surface area contributed by atoms with E-state index >= 15 is 0 Å². The summed E-state index contributed by atoms with van der Waals surface area (Å²) in [5, 5.41) is 1.77. The third-order valence-electron chi connectivity index (χ3n) is 2.89. The average Bonchev–Trinajstić information content (AvgIpc) is 3.00. The summed E-state index contributed by atoms with van der Waals surface area (Å²) in [7, 11) is 0. The molecule has 0 bridgehead atoms. The van der Waals surface area contributed by atoms with E-state index in [0.717, 1.165) is 4.47 Å². The number of ether oxygens (including phenoxy) is 2. The first-order chi connectivity index (χ1) is 11.1. The number of thiazole rings is 1. The summed E-state index contributed by atoms with van der Waals surface area (Å²) in [5.41, 5.74) is 0.209. The Hall–Kier alpha value is -2.19. The fraction of sp³-hybridized carbons (Fsp3) is 0.133. The van der Waals surface area contributed by atoms with Crippen LogP contribution in [0.5, 0.6) is 5.75 Å². The predicted octanol–water partition coefficient (Wildman–Crippen LogP) is 2.64. The van der Waals surface area contributed by atoms with Crippen molar-refractivity contribution in [1.29, 1.82) is 0 Å². The average molecular weight is 395 g/mol. The van der Waals surface area contributed by atoms with Crippen molar-refractivity contribution in [3.63, 3.8) is 0 Å². The van der Waals surface area contributed by atoms with Gasteiger partial charge in [0.05, 0.1) is 5.69 Å². The lowest BCUT2D eigenvalue weighted by Gasteiger charge is -2.07. The van der Waals surface area contributed by atoms with Crippen LogP contribution in [0.25, 0.3) is 4.96 Å². The first-order valence-electron chi connectivity index (χ1n) is 6.61. The molecule has 0 saturated heterocycles. The van der Waals surface area contributed by atoms with Crippen LogP contribution in [0, 0.1) is 0 Å². The quantitative estimate of drug-likeness (QED) is 0.622. The molecule has 1 aromatic carbocycles. The van der Waals surface area contributed by atoms with E-state index in [2.05, 4.69) is 20.9 Å². The van der Waals surface area contributed by atoms with Gasteiger partial charge < -0.3 is 9.47 Å². The topological polar surface area (TPSA) is 69.9 Å². The molecule has 2 heterocycles. The highest BCUT2D eigenvalue weighted by atomic mass is 79.9. The highest BCUT2D eigenvalue weighted by Gasteiger charge is 2.08. The van der Waals surface area contributed by atoms with Crippen molar-refractivity contribution < 1.29 is 14.3 Å². The fourth-order valence-corrected chi connectivity index (χ4v) is 2.97. The summed E-state index contributed by atoms with van der Waals surface area (Å²) in [4.78, 5) is 28.3. The van der Waals surface area contributed by atoms with E-state index in [9.17, 15) is 9.59 Å². The normalized spacial score (nSPS) is 10.7. The van der Waals surface area contributed by atoms with Gasteiger partial charge in [-0.2, -0.15) is 0 Å². The molecule has 6 nitrogen and oxygen atoms in total. The van der Waals surface area contributed by atoms with Crippen molar-refractivity contribution in [2.75, 3.05) is 6.61 Å². The zero-order valence-electron chi connectivity index (χ0n) is 11.8. The molecule has 0 fully saturated rings. The second kappa shape index (κ2) is 6.93. The summed E-state index contributed by atoms with van der Waals surface area (Å²) < 4.78 is 12.7. The molecule has 0 aliphatic heterocycles. The van der Waals surface area contributed by atoms with E-state index in [1.54, 1.807) is 29.8 Å². The zero-order valence-corrected chi connectivity index (χ0v) is 14.2. The van der Waals surface area contributed by atoms with Gasteiger partial charge in [-0.25, -0.2) is 9.78 Å². The van der Waals surface area contributed by atoms with Gasteiger partial charge >= 0.3 is 5.97 Å². The number of hydrogen-bond donors (Lipinski definition) is 0. The maximum atomic E-state index is 11.8. The van der Waals surface area contributed by atoms with E-state index in [1.807, 2.05) is 6.07 Å². The van der Waals surface area contributed by atoms with Gasteiger partial charge in [-0.1, -0.05) is 22.0 Å². The van der Waals surface area contributed by atoms with Gasteiger partial charge in [0.2, 0.25) is 0 Å². The van der Waals surface area contributed by atoms with Crippen LogP contribution in [0.4, 0.5) is 0 Å². The van der Waals surface area contributed by atoms with Crippen LogP contribution in [-0.4, -0.2) is 22.0 Å². The van der Waals surface area contributed by atoms with Crippen LogP contribution in [0.3, 0.4) is 0 Å². The summed E-state index contributed by atoms with van der Waals surface area (Å²) in [6, 6.07) is 8.50. The Kier molecular flexibility index (Phi) is 4.73. The number of carbonyl (C=O) groups excluding carboxylic acids is 1. The van der Waals surface area contributed by atoms with Crippen molar-refractivity contribution in [3.8, 4) is 5.75 Å². The summed E-state index contributed by atoms with van der Waals surface area (Å²) >= 11 is 4.66. The first kappa shape index (κ1) is 15.7. The number of carbonyl (C=O) groups is 1. The van der Waals surface area contributed by atoms with Crippen molar-refractivity contribution in [1.82, 2.24) is 9.38 Å². The van der Waals surface area contributed by atoms with Crippen LogP contribution in [0.1, 0.15) is 5.69 Å². The van der Waals surface area contributed by atoms with E-state index in [0.29, 0.717) is 16.4 Å². The second-order valence-corrected chi connectivity index (χ2v) is 6.34. The van der Waals surface area contributed by atoms with Crippen LogP contribution in [0.15, 0.2) is 51.2 Å². The highest BCUT2D eigenvalue weighted by Crippen LogP contribution is 2.17. The molecular formula is C15H11BrN2O4S. The molecule has 23 heavy (non-hydrogen) atoms. The van der Waals surface area contributed by atoms with Gasteiger partial charge in [0.1, 0.15) is 12.4 Å². The van der Waals surface area contributed by atoms with Crippen LogP contribution in [0.2, 0.25) is 0 Å². The Morgan fingerprint density at radius 3 is 3.04 bits per heavy atom. The van der Waals surface area contributed by atoms with Gasteiger partial charge in [-0.15, -0.1) is 11.3 Å². The number of rotatable bonds is 5. The SMILES string of the molecule is O=C(COc1cccc(Br)c1)OCc1cc(=O)n2ccsc2n1. The lowest BCUT2D eigenvalue weighted by Crippen LogP contribution is -2.17. The number of esters is 1. The standard InChI is InChI=1S/C15H11BrN2O4S/c16-10-2-1-3-12(6-10)21-9-14(20)22-8-11-7-13(19)18-4-5-23-15(18)17-11/h1-7H,8-9H2. The molecule has 3 rings (SSSR count). The zero-order chi connectivity index (χ0) is 16.2. The van der Waals surface area contributed by atoms with Gasteiger partial charge in [-0.3, -0.25) is 9.20 Å². The molecule has 0 spiro atoms. The van der Waals surface area contributed by atoms with Gasteiger partial charge in [0.15, 0.2) is 11.6 Å². The lowest BCUT2D eigenvalue weighted by molar-refractivity contribution is -0.147. The largest absolute Gasteiger partial charge is 0.482 e. The van der Waals surface area contributed by atoms with Gasteiger partial charge in [0.25, 0.3) is 5.56 Å². The Morgan fingerprint density at radius 2 is 2.22 bits per heavy atom. The van der Waals surface area contributed by atoms with Gasteiger partial charge in [-0.05, 0) is 18.2 Å². The van der Waals surface area contributed by atoms with E-state index in [-0.39, 0.29) is 18.8 Å². The monoisotopic (exact) mass is 394 g/mol. The number of fused-ring (bicyclic) bond motifs is 1.